The number of ether oxygens (including phenoxy) is 2. The standard InChI is InChI=1S/C23H25ClN2O6S/c1-30-13-11-26(16-20-4-3-12-32-20)23(27)18-7-10-21(31-2)22(14-18)33(28,29)25-15-17-5-8-19(24)9-6-17/h3-10,12,14,25H,11,13,15-16H2,1-2H3. The molecule has 0 bridgehead atoms. The number of furan rings is 1. The lowest BCUT2D eigenvalue weighted by Crippen LogP contribution is -2.33. The number of methoxy groups -OCH3 is 2. The van der Waals surface area contributed by atoms with E-state index < -0.39 is 10.0 Å². The molecular formula is C23H25ClN2O6S. The number of nitrogens with zero attached hydrogens (tertiary/aromatic N) is 1. The molecule has 3 rings (SSSR count). The van der Waals surface area contributed by atoms with Crippen LogP contribution in [0, 0.1) is 0 Å². The maximum atomic E-state index is 13.2. The maximum Gasteiger partial charge on any atom is 0.254 e. The number of carbonyl (C=O) groups excluding carboxylic acids is 1. The van der Waals surface area contributed by atoms with Crippen molar-refractivity contribution in [1.29, 1.82) is 0 Å². The molecule has 0 atom stereocenters. The van der Waals surface area contributed by atoms with E-state index in [9.17, 15) is 13.2 Å². The third-order valence-electron chi connectivity index (χ3n) is 4.86. The number of nitrogens with one attached hydrogen (secondary N) is 1. The summed E-state index contributed by atoms with van der Waals surface area (Å²) in [6, 6.07) is 14.6. The van der Waals surface area contributed by atoms with Crippen molar-refractivity contribution in [3.63, 3.8) is 0 Å². The summed E-state index contributed by atoms with van der Waals surface area (Å²) < 4.78 is 44.4. The van der Waals surface area contributed by atoms with Crippen molar-refractivity contribution in [3.8, 4) is 5.75 Å². The molecule has 8 nitrogen and oxygen atoms in total. The number of carbonyl (C=O) groups is 1. The van der Waals surface area contributed by atoms with Crippen molar-refractivity contribution < 1.29 is 27.1 Å². The van der Waals surface area contributed by atoms with Crippen molar-refractivity contribution in [1.82, 2.24) is 9.62 Å². The summed E-state index contributed by atoms with van der Waals surface area (Å²) in [4.78, 5) is 14.6. The fraction of sp³-hybridized carbons (Fsp3) is 0.261. The van der Waals surface area contributed by atoms with E-state index in [1.165, 1.54) is 36.5 Å². The lowest BCUT2D eigenvalue weighted by atomic mass is 10.2. The van der Waals surface area contributed by atoms with Gasteiger partial charge in [0.2, 0.25) is 10.0 Å². The zero-order valence-corrected chi connectivity index (χ0v) is 19.9. The van der Waals surface area contributed by atoms with Gasteiger partial charge in [0.1, 0.15) is 16.4 Å². The highest BCUT2D eigenvalue weighted by atomic mass is 35.5. The molecule has 1 N–H and O–H groups in total. The van der Waals surface area contributed by atoms with Gasteiger partial charge in [0.15, 0.2) is 0 Å². The molecule has 0 fully saturated rings. The first-order valence-corrected chi connectivity index (χ1v) is 11.9. The van der Waals surface area contributed by atoms with Gasteiger partial charge < -0.3 is 18.8 Å². The molecule has 0 saturated carbocycles. The Labute approximate surface area is 198 Å². The van der Waals surface area contributed by atoms with E-state index in [2.05, 4.69) is 4.72 Å². The maximum absolute atomic E-state index is 13.2. The number of hydrogen-bond donors (Lipinski definition) is 1. The molecule has 0 saturated heterocycles. The van der Waals surface area contributed by atoms with Crippen LogP contribution in [0.2, 0.25) is 5.02 Å². The highest BCUT2D eigenvalue weighted by Crippen LogP contribution is 2.26. The molecule has 0 radical (unpaired) electrons. The van der Waals surface area contributed by atoms with Crippen LogP contribution < -0.4 is 9.46 Å². The highest BCUT2D eigenvalue weighted by Gasteiger charge is 2.24. The predicted molar refractivity (Wildman–Crippen MR) is 124 cm³/mol. The van der Waals surface area contributed by atoms with Gasteiger partial charge in [-0.05, 0) is 48.0 Å². The molecule has 3 aromatic rings. The van der Waals surface area contributed by atoms with Gasteiger partial charge in [0.05, 0.1) is 26.5 Å². The van der Waals surface area contributed by atoms with Crippen molar-refractivity contribution in [3.05, 3.63) is 82.8 Å². The lowest BCUT2D eigenvalue weighted by Gasteiger charge is -2.22. The zero-order valence-electron chi connectivity index (χ0n) is 18.3. The molecule has 0 aliphatic carbocycles. The Balaban J connectivity index is 1.85. The summed E-state index contributed by atoms with van der Waals surface area (Å²) in [5.41, 5.74) is 0.934. The molecule has 1 heterocycles. The second-order valence-electron chi connectivity index (χ2n) is 7.12. The van der Waals surface area contributed by atoms with E-state index in [-0.39, 0.29) is 35.2 Å². The average Bonchev–Trinajstić information content (AvgIpc) is 3.34. The van der Waals surface area contributed by atoms with Crippen molar-refractivity contribution in [2.45, 2.75) is 18.0 Å². The van der Waals surface area contributed by atoms with Crippen LogP contribution in [0.4, 0.5) is 0 Å². The van der Waals surface area contributed by atoms with Crippen LogP contribution in [0.5, 0.6) is 5.75 Å². The van der Waals surface area contributed by atoms with Gasteiger partial charge in [-0.2, -0.15) is 0 Å². The molecular weight excluding hydrogens is 468 g/mol. The third kappa shape index (κ3) is 6.58. The minimum absolute atomic E-state index is 0.0548. The fourth-order valence-electron chi connectivity index (χ4n) is 3.11. The Morgan fingerprint density at radius 2 is 1.88 bits per heavy atom. The summed E-state index contributed by atoms with van der Waals surface area (Å²) in [7, 11) is -1.07. The summed E-state index contributed by atoms with van der Waals surface area (Å²) in [6.45, 7) is 0.896. The summed E-state index contributed by atoms with van der Waals surface area (Å²) in [5, 5.41) is 0.557. The Hall–Kier alpha value is -2.85. The molecule has 1 aromatic heterocycles. The second kappa shape index (κ2) is 11.3. The summed E-state index contributed by atoms with van der Waals surface area (Å²) in [6.07, 6.45) is 1.53. The number of halogens is 1. The topological polar surface area (TPSA) is 98.1 Å². The smallest absolute Gasteiger partial charge is 0.254 e. The molecule has 0 aliphatic heterocycles. The minimum Gasteiger partial charge on any atom is -0.495 e. The number of benzene rings is 2. The van der Waals surface area contributed by atoms with Crippen LogP contribution in [0.1, 0.15) is 21.7 Å². The van der Waals surface area contributed by atoms with E-state index in [4.69, 9.17) is 25.5 Å². The Kier molecular flexibility index (Phi) is 8.51. The van der Waals surface area contributed by atoms with E-state index >= 15 is 0 Å². The van der Waals surface area contributed by atoms with Gasteiger partial charge in [0, 0.05) is 30.8 Å². The molecule has 0 spiro atoms. The van der Waals surface area contributed by atoms with Gasteiger partial charge in [-0.1, -0.05) is 23.7 Å². The lowest BCUT2D eigenvalue weighted by molar-refractivity contribution is 0.0666. The normalized spacial score (nSPS) is 11.4. The quantitative estimate of drug-likeness (QED) is 0.438. The minimum atomic E-state index is -3.98. The summed E-state index contributed by atoms with van der Waals surface area (Å²) in [5.74, 6) is 0.371. The van der Waals surface area contributed by atoms with Gasteiger partial charge in [-0.3, -0.25) is 4.79 Å². The number of rotatable bonds is 11. The highest BCUT2D eigenvalue weighted by molar-refractivity contribution is 7.89. The Morgan fingerprint density at radius 3 is 2.52 bits per heavy atom. The van der Waals surface area contributed by atoms with E-state index in [1.54, 1.807) is 43.5 Å². The number of amides is 1. The van der Waals surface area contributed by atoms with Crippen LogP contribution in [-0.4, -0.2) is 46.6 Å². The predicted octanol–water partition coefficient (Wildman–Crippen LogP) is 3.71. The average molecular weight is 493 g/mol. The molecule has 0 aliphatic rings. The van der Waals surface area contributed by atoms with Crippen LogP contribution >= 0.6 is 11.6 Å². The first kappa shape index (κ1) is 24.8. The van der Waals surface area contributed by atoms with Crippen molar-refractivity contribution in [2.75, 3.05) is 27.4 Å². The van der Waals surface area contributed by atoms with E-state index in [0.29, 0.717) is 23.9 Å². The van der Waals surface area contributed by atoms with Gasteiger partial charge in [0.25, 0.3) is 5.91 Å². The third-order valence-corrected chi connectivity index (χ3v) is 6.53. The SMILES string of the molecule is COCCN(Cc1ccco1)C(=O)c1ccc(OC)c(S(=O)(=O)NCc2ccc(Cl)cc2)c1. The van der Waals surface area contributed by atoms with Gasteiger partial charge >= 0.3 is 0 Å². The summed E-state index contributed by atoms with van der Waals surface area (Å²) >= 11 is 5.88. The first-order valence-electron chi connectivity index (χ1n) is 10.1. The second-order valence-corrected chi connectivity index (χ2v) is 9.29. The Morgan fingerprint density at radius 1 is 1.12 bits per heavy atom. The molecule has 1 amide bonds. The van der Waals surface area contributed by atoms with Gasteiger partial charge in [-0.25, -0.2) is 13.1 Å². The van der Waals surface area contributed by atoms with Gasteiger partial charge in [-0.15, -0.1) is 0 Å². The number of hydrogen-bond acceptors (Lipinski definition) is 6. The molecule has 0 unspecified atom stereocenters. The first-order chi connectivity index (χ1) is 15.8. The largest absolute Gasteiger partial charge is 0.495 e. The molecule has 2 aromatic carbocycles. The van der Waals surface area contributed by atoms with E-state index in [1.807, 2.05) is 0 Å². The van der Waals surface area contributed by atoms with Crippen LogP contribution in [-0.2, 0) is 27.8 Å². The van der Waals surface area contributed by atoms with Crippen LogP contribution in [0.3, 0.4) is 0 Å². The zero-order chi connectivity index (χ0) is 23.8. The fourth-order valence-corrected chi connectivity index (χ4v) is 4.44. The van der Waals surface area contributed by atoms with Crippen molar-refractivity contribution in [2.24, 2.45) is 0 Å². The Bertz CT molecular complexity index is 1160. The van der Waals surface area contributed by atoms with Crippen LogP contribution in [0.25, 0.3) is 0 Å². The van der Waals surface area contributed by atoms with E-state index in [0.717, 1.165) is 5.56 Å². The molecule has 33 heavy (non-hydrogen) atoms. The molecule has 10 heteroatoms. The van der Waals surface area contributed by atoms with Crippen LogP contribution in [0.15, 0.2) is 70.2 Å². The number of sulfonamides is 1. The molecule has 176 valence electrons. The monoisotopic (exact) mass is 492 g/mol. The van der Waals surface area contributed by atoms with Crippen molar-refractivity contribution >= 4 is 27.5 Å².